The summed E-state index contributed by atoms with van der Waals surface area (Å²) in [5.41, 5.74) is 1.79. The van der Waals surface area contributed by atoms with Gasteiger partial charge >= 0.3 is 5.97 Å². The molecule has 0 saturated heterocycles. The van der Waals surface area contributed by atoms with Crippen LogP contribution in [-0.2, 0) is 10.5 Å². The first-order chi connectivity index (χ1) is 12.5. The van der Waals surface area contributed by atoms with Gasteiger partial charge in [-0.05, 0) is 42.7 Å². The largest absolute Gasteiger partial charge is 0.481 e. The van der Waals surface area contributed by atoms with E-state index in [0.717, 1.165) is 24.2 Å². The number of carbonyl (C=O) groups is 2. The number of rotatable bonds is 8. The Morgan fingerprint density at radius 1 is 1.12 bits per heavy atom. The first-order valence-corrected chi connectivity index (χ1v) is 9.83. The van der Waals surface area contributed by atoms with Crippen molar-refractivity contribution >= 4 is 23.6 Å². The lowest BCUT2D eigenvalue weighted by atomic mass is 10.1. The van der Waals surface area contributed by atoms with Crippen LogP contribution in [-0.4, -0.2) is 34.5 Å². The minimum Gasteiger partial charge on any atom is -0.481 e. The average Bonchev–Trinajstić information content (AvgIpc) is 3.50. The molecule has 4 nitrogen and oxygen atoms in total. The summed E-state index contributed by atoms with van der Waals surface area (Å²) in [5.74, 6) is -0.637. The van der Waals surface area contributed by atoms with Gasteiger partial charge in [-0.3, -0.25) is 9.59 Å². The molecule has 1 atom stereocenters. The predicted octanol–water partition coefficient (Wildman–Crippen LogP) is 4.30. The van der Waals surface area contributed by atoms with E-state index >= 15 is 0 Å². The van der Waals surface area contributed by atoms with E-state index < -0.39 is 11.9 Å². The van der Waals surface area contributed by atoms with Crippen LogP contribution < -0.4 is 0 Å². The minimum atomic E-state index is -0.864. The SMILES string of the molecule is CC(CN(C(=O)c1ccc(CSc2ccccc2)cc1)C1CC1)C(=O)O. The number of nitrogens with zero attached hydrogens (tertiary/aromatic N) is 1. The lowest BCUT2D eigenvalue weighted by Gasteiger charge is -2.24. The molecule has 2 aromatic rings. The molecular weight excluding hydrogens is 346 g/mol. The third-order valence-corrected chi connectivity index (χ3v) is 5.57. The number of hydrogen-bond acceptors (Lipinski definition) is 3. The third-order valence-electron chi connectivity index (χ3n) is 4.49. The molecule has 2 aromatic carbocycles. The lowest BCUT2D eigenvalue weighted by Crippen LogP contribution is -2.38. The maximum atomic E-state index is 12.8. The van der Waals surface area contributed by atoms with Crippen LogP contribution in [0.2, 0.25) is 0 Å². The highest BCUT2D eigenvalue weighted by atomic mass is 32.2. The maximum Gasteiger partial charge on any atom is 0.308 e. The molecule has 0 aliphatic heterocycles. The normalized spacial score (nSPS) is 14.7. The zero-order valence-electron chi connectivity index (χ0n) is 14.8. The van der Waals surface area contributed by atoms with Crippen LogP contribution in [0.1, 0.15) is 35.7 Å². The number of hydrogen-bond donors (Lipinski definition) is 1. The van der Waals surface area contributed by atoms with E-state index in [9.17, 15) is 9.59 Å². The number of benzene rings is 2. The number of carboxylic acid groups (broad SMARTS) is 1. The second-order valence-corrected chi connectivity index (χ2v) is 7.78. The lowest BCUT2D eigenvalue weighted by molar-refractivity contribution is -0.141. The van der Waals surface area contributed by atoms with Crippen LogP contribution in [0.15, 0.2) is 59.5 Å². The zero-order chi connectivity index (χ0) is 18.5. The fourth-order valence-corrected chi connectivity index (χ4v) is 3.63. The highest BCUT2D eigenvalue weighted by Crippen LogP contribution is 2.29. The highest BCUT2D eigenvalue weighted by Gasteiger charge is 2.34. The van der Waals surface area contributed by atoms with Crippen LogP contribution in [0.5, 0.6) is 0 Å². The van der Waals surface area contributed by atoms with E-state index in [1.165, 1.54) is 4.90 Å². The van der Waals surface area contributed by atoms with Crippen molar-refractivity contribution < 1.29 is 14.7 Å². The Balaban J connectivity index is 1.62. The number of thioether (sulfide) groups is 1. The molecule has 1 aliphatic carbocycles. The second kappa shape index (κ2) is 8.41. The topological polar surface area (TPSA) is 57.6 Å². The molecule has 0 aromatic heterocycles. The Morgan fingerprint density at radius 2 is 1.77 bits per heavy atom. The first-order valence-electron chi connectivity index (χ1n) is 8.85. The van der Waals surface area contributed by atoms with Crippen molar-refractivity contribution in [1.29, 1.82) is 0 Å². The van der Waals surface area contributed by atoms with E-state index in [4.69, 9.17) is 5.11 Å². The fraction of sp³-hybridized carbons (Fsp3) is 0.333. The van der Waals surface area contributed by atoms with E-state index in [1.54, 1.807) is 23.6 Å². The molecule has 0 spiro atoms. The molecule has 1 unspecified atom stereocenters. The molecule has 0 heterocycles. The third kappa shape index (κ3) is 4.88. The van der Waals surface area contributed by atoms with Gasteiger partial charge in [0, 0.05) is 28.8 Å². The molecule has 1 saturated carbocycles. The summed E-state index contributed by atoms with van der Waals surface area (Å²) in [6, 6.07) is 18.1. The maximum absolute atomic E-state index is 12.8. The Morgan fingerprint density at radius 3 is 2.35 bits per heavy atom. The number of carboxylic acids is 1. The van der Waals surface area contributed by atoms with Crippen molar-refractivity contribution in [2.24, 2.45) is 5.92 Å². The molecule has 1 amide bonds. The van der Waals surface area contributed by atoms with Gasteiger partial charge in [-0.1, -0.05) is 37.3 Å². The molecule has 26 heavy (non-hydrogen) atoms. The summed E-state index contributed by atoms with van der Waals surface area (Å²) in [4.78, 5) is 26.9. The average molecular weight is 369 g/mol. The van der Waals surface area contributed by atoms with E-state index in [-0.39, 0.29) is 18.5 Å². The van der Waals surface area contributed by atoms with Crippen molar-refractivity contribution in [3.8, 4) is 0 Å². The fourth-order valence-electron chi connectivity index (χ4n) is 2.75. The molecule has 3 rings (SSSR count). The Hall–Kier alpha value is -2.27. The van der Waals surface area contributed by atoms with Crippen LogP contribution >= 0.6 is 11.8 Å². The monoisotopic (exact) mass is 369 g/mol. The molecular formula is C21H23NO3S. The standard InChI is InChI=1S/C21H23NO3S/c1-15(21(24)25)13-22(18-11-12-18)20(23)17-9-7-16(8-10-17)14-26-19-5-3-2-4-6-19/h2-10,15,18H,11-14H2,1H3,(H,24,25). The summed E-state index contributed by atoms with van der Waals surface area (Å²) in [7, 11) is 0. The molecule has 1 fully saturated rings. The molecule has 0 radical (unpaired) electrons. The van der Waals surface area contributed by atoms with Gasteiger partial charge in [0.2, 0.25) is 0 Å². The summed E-state index contributed by atoms with van der Waals surface area (Å²) >= 11 is 1.76. The zero-order valence-corrected chi connectivity index (χ0v) is 15.6. The summed E-state index contributed by atoms with van der Waals surface area (Å²) in [6.45, 7) is 1.92. The number of carbonyl (C=O) groups excluding carboxylic acids is 1. The van der Waals surface area contributed by atoms with Gasteiger partial charge in [0.05, 0.1) is 5.92 Å². The quantitative estimate of drug-likeness (QED) is 0.705. The van der Waals surface area contributed by atoms with E-state index in [1.807, 2.05) is 42.5 Å². The van der Waals surface area contributed by atoms with Crippen molar-refractivity contribution in [2.75, 3.05) is 6.54 Å². The van der Waals surface area contributed by atoms with Gasteiger partial charge in [-0.25, -0.2) is 0 Å². The molecule has 136 valence electrons. The van der Waals surface area contributed by atoms with Crippen molar-refractivity contribution in [3.63, 3.8) is 0 Å². The van der Waals surface area contributed by atoms with Gasteiger partial charge < -0.3 is 10.0 Å². The summed E-state index contributed by atoms with van der Waals surface area (Å²) < 4.78 is 0. The van der Waals surface area contributed by atoms with Crippen molar-refractivity contribution in [3.05, 3.63) is 65.7 Å². The smallest absolute Gasteiger partial charge is 0.308 e. The van der Waals surface area contributed by atoms with Gasteiger partial charge in [-0.15, -0.1) is 11.8 Å². The highest BCUT2D eigenvalue weighted by molar-refractivity contribution is 7.98. The molecule has 5 heteroatoms. The van der Waals surface area contributed by atoms with Crippen molar-refractivity contribution in [1.82, 2.24) is 4.90 Å². The van der Waals surface area contributed by atoms with Gasteiger partial charge in [0.25, 0.3) is 5.91 Å². The van der Waals surface area contributed by atoms with Gasteiger partial charge in [0.15, 0.2) is 0 Å². The Kier molecular flexibility index (Phi) is 5.99. The van der Waals surface area contributed by atoms with Gasteiger partial charge in [0.1, 0.15) is 0 Å². The summed E-state index contributed by atoms with van der Waals surface area (Å²) in [6.07, 6.45) is 1.92. The Labute approximate surface area is 158 Å². The summed E-state index contributed by atoms with van der Waals surface area (Å²) in [5, 5.41) is 9.13. The van der Waals surface area contributed by atoms with E-state index in [2.05, 4.69) is 12.1 Å². The minimum absolute atomic E-state index is 0.0668. The Bertz CT molecular complexity index is 757. The molecule has 1 aliphatic rings. The molecule has 0 bridgehead atoms. The second-order valence-electron chi connectivity index (χ2n) is 6.73. The van der Waals surface area contributed by atoms with Crippen LogP contribution in [0, 0.1) is 5.92 Å². The van der Waals surface area contributed by atoms with Crippen LogP contribution in [0.25, 0.3) is 0 Å². The number of amides is 1. The van der Waals surface area contributed by atoms with Crippen LogP contribution in [0.4, 0.5) is 0 Å². The number of aliphatic carboxylic acids is 1. The first kappa shape index (κ1) is 18.5. The van der Waals surface area contributed by atoms with E-state index in [0.29, 0.717) is 5.56 Å². The van der Waals surface area contributed by atoms with Crippen LogP contribution in [0.3, 0.4) is 0 Å². The molecule has 1 N–H and O–H groups in total. The van der Waals surface area contributed by atoms with Crippen molar-refractivity contribution in [2.45, 2.75) is 36.5 Å². The predicted molar refractivity (Wildman–Crippen MR) is 103 cm³/mol. The van der Waals surface area contributed by atoms with Gasteiger partial charge in [-0.2, -0.15) is 0 Å².